The van der Waals surface area contributed by atoms with Crippen LogP contribution >= 0.6 is 22.6 Å². The number of methoxy groups -OCH3 is 1. The normalized spacial score (nSPS) is 17.3. The molecule has 0 aromatic heterocycles. The minimum Gasteiger partial charge on any atom is -0.497 e. The molecular weight excluding hydrogens is 419 g/mol. The van der Waals surface area contributed by atoms with Gasteiger partial charge in [0.2, 0.25) is 5.91 Å². The number of amides is 2. The standard InChI is InChI=1S/C18H17IN2O3/c1-11-9-12(19)3-8-16(11)21-17(22)10-15(18(21)23)20-13-4-6-14(24-2)7-5-13/h3-9,15,20H,10H2,1-2H3/t15-/m0/s1. The maximum absolute atomic E-state index is 12.7. The molecule has 0 bridgehead atoms. The van der Waals surface area contributed by atoms with Crippen LogP contribution in [0.1, 0.15) is 12.0 Å². The summed E-state index contributed by atoms with van der Waals surface area (Å²) in [5, 5.41) is 3.13. The van der Waals surface area contributed by atoms with Crippen LogP contribution in [0.15, 0.2) is 42.5 Å². The fourth-order valence-electron chi connectivity index (χ4n) is 2.76. The van der Waals surface area contributed by atoms with Crippen LogP contribution in [0.25, 0.3) is 0 Å². The Balaban J connectivity index is 1.80. The Hall–Kier alpha value is -2.09. The van der Waals surface area contributed by atoms with Gasteiger partial charge >= 0.3 is 0 Å². The summed E-state index contributed by atoms with van der Waals surface area (Å²) in [6, 6.07) is 12.4. The van der Waals surface area contributed by atoms with E-state index in [-0.39, 0.29) is 18.2 Å². The van der Waals surface area contributed by atoms with Gasteiger partial charge in [0.1, 0.15) is 11.8 Å². The highest BCUT2D eigenvalue weighted by molar-refractivity contribution is 14.1. The second kappa shape index (κ2) is 6.80. The van der Waals surface area contributed by atoms with Crippen LogP contribution in [0.5, 0.6) is 5.75 Å². The highest BCUT2D eigenvalue weighted by Crippen LogP contribution is 2.29. The number of halogens is 1. The van der Waals surface area contributed by atoms with Gasteiger partial charge in [-0.2, -0.15) is 0 Å². The van der Waals surface area contributed by atoms with Crippen molar-refractivity contribution in [3.8, 4) is 5.75 Å². The summed E-state index contributed by atoms with van der Waals surface area (Å²) in [4.78, 5) is 26.3. The molecule has 0 unspecified atom stereocenters. The molecular formula is C18H17IN2O3. The summed E-state index contributed by atoms with van der Waals surface area (Å²) in [7, 11) is 1.60. The van der Waals surface area contributed by atoms with Crippen molar-refractivity contribution in [2.24, 2.45) is 0 Å². The van der Waals surface area contributed by atoms with Crippen molar-refractivity contribution in [3.05, 3.63) is 51.6 Å². The van der Waals surface area contributed by atoms with E-state index in [2.05, 4.69) is 27.9 Å². The van der Waals surface area contributed by atoms with Crippen LogP contribution in [0.3, 0.4) is 0 Å². The monoisotopic (exact) mass is 436 g/mol. The molecule has 124 valence electrons. The molecule has 0 spiro atoms. The largest absolute Gasteiger partial charge is 0.497 e. The van der Waals surface area contributed by atoms with Crippen LogP contribution in [0, 0.1) is 10.5 Å². The van der Waals surface area contributed by atoms with Gasteiger partial charge in [-0.25, -0.2) is 4.90 Å². The third-order valence-corrected chi connectivity index (χ3v) is 4.65. The van der Waals surface area contributed by atoms with Crippen LogP contribution in [0.2, 0.25) is 0 Å². The molecule has 2 aromatic carbocycles. The Bertz CT molecular complexity index is 789. The summed E-state index contributed by atoms with van der Waals surface area (Å²) in [5.41, 5.74) is 2.35. The number of rotatable bonds is 4. The van der Waals surface area contributed by atoms with Gasteiger partial charge in [0.25, 0.3) is 5.91 Å². The van der Waals surface area contributed by atoms with Crippen LogP contribution < -0.4 is 15.0 Å². The topological polar surface area (TPSA) is 58.6 Å². The van der Waals surface area contributed by atoms with Crippen LogP contribution in [-0.2, 0) is 9.59 Å². The SMILES string of the molecule is COc1ccc(N[C@H]2CC(=O)N(c3ccc(I)cc3C)C2=O)cc1. The van der Waals surface area contributed by atoms with Crippen molar-refractivity contribution in [1.29, 1.82) is 0 Å². The Morgan fingerprint density at radius 2 is 1.88 bits per heavy atom. The van der Waals surface area contributed by atoms with Crippen LogP contribution in [-0.4, -0.2) is 25.0 Å². The first-order valence-corrected chi connectivity index (χ1v) is 8.61. The number of nitrogens with one attached hydrogen (secondary N) is 1. The summed E-state index contributed by atoms with van der Waals surface area (Å²) in [6.45, 7) is 1.91. The highest BCUT2D eigenvalue weighted by Gasteiger charge is 2.40. The minimum atomic E-state index is -0.551. The van der Waals surface area contributed by atoms with E-state index in [1.807, 2.05) is 49.4 Å². The average molecular weight is 436 g/mol. The summed E-state index contributed by atoms with van der Waals surface area (Å²) in [5.74, 6) is 0.334. The van der Waals surface area contributed by atoms with E-state index in [1.54, 1.807) is 7.11 Å². The number of hydrogen-bond donors (Lipinski definition) is 1. The lowest BCUT2D eigenvalue weighted by Gasteiger charge is -2.18. The zero-order chi connectivity index (χ0) is 17.3. The Morgan fingerprint density at radius 1 is 1.17 bits per heavy atom. The van der Waals surface area contributed by atoms with Crippen molar-refractivity contribution < 1.29 is 14.3 Å². The number of anilines is 2. The quantitative estimate of drug-likeness (QED) is 0.590. The van der Waals surface area contributed by atoms with Gasteiger partial charge < -0.3 is 10.1 Å². The molecule has 1 saturated heterocycles. The Morgan fingerprint density at radius 3 is 2.50 bits per heavy atom. The second-order valence-corrected chi connectivity index (χ2v) is 6.87. The van der Waals surface area contributed by atoms with Crippen LogP contribution in [0.4, 0.5) is 11.4 Å². The van der Waals surface area contributed by atoms with Gasteiger partial charge in [0.15, 0.2) is 0 Å². The van der Waals surface area contributed by atoms with E-state index < -0.39 is 6.04 Å². The number of imide groups is 1. The van der Waals surface area contributed by atoms with Crippen molar-refractivity contribution in [2.75, 3.05) is 17.3 Å². The molecule has 0 saturated carbocycles. The van der Waals surface area contributed by atoms with E-state index in [0.717, 1.165) is 20.6 Å². The molecule has 6 heteroatoms. The molecule has 0 radical (unpaired) electrons. The van der Waals surface area contributed by atoms with Crippen molar-refractivity contribution in [2.45, 2.75) is 19.4 Å². The van der Waals surface area contributed by atoms with Gasteiger partial charge in [-0.1, -0.05) is 0 Å². The molecule has 2 aromatic rings. The third-order valence-electron chi connectivity index (χ3n) is 3.98. The molecule has 24 heavy (non-hydrogen) atoms. The Kier molecular flexibility index (Phi) is 4.75. The number of ether oxygens (including phenoxy) is 1. The lowest BCUT2D eigenvalue weighted by atomic mass is 10.2. The van der Waals surface area contributed by atoms with Crippen molar-refractivity contribution in [1.82, 2.24) is 0 Å². The van der Waals surface area contributed by atoms with Gasteiger partial charge in [-0.3, -0.25) is 9.59 Å². The second-order valence-electron chi connectivity index (χ2n) is 5.63. The molecule has 3 rings (SSSR count). The zero-order valence-corrected chi connectivity index (χ0v) is 15.5. The van der Waals surface area contributed by atoms with E-state index in [9.17, 15) is 9.59 Å². The summed E-state index contributed by atoms with van der Waals surface area (Å²) in [6.07, 6.45) is 0.149. The first-order chi connectivity index (χ1) is 11.5. The van der Waals surface area contributed by atoms with Gasteiger partial charge in [0, 0.05) is 9.26 Å². The maximum atomic E-state index is 12.7. The predicted octanol–water partition coefficient (Wildman–Crippen LogP) is 3.35. The number of hydrogen-bond acceptors (Lipinski definition) is 4. The highest BCUT2D eigenvalue weighted by atomic mass is 127. The van der Waals surface area contributed by atoms with E-state index >= 15 is 0 Å². The first kappa shape index (κ1) is 16.8. The summed E-state index contributed by atoms with van der Waals surface area (Å²) >= 11 is 2.21. The molecule has 2 amide bonds. The van der Waals surface area contributed by atoms with Crippen molar-refractivity contribution in [3.63, 3.8) is 0 Å². The van der Waals surface area contributed by atoms with Gasteiger partial charge in [0.05, 0.1) is 19.2 Å². The molecule has 1 fully saturated rings. The maximum Gasteiger partial charge on any atom is 0.256 e. The molecule has 1 aliphatic rings. The van der Waals surface area contributed by atoms with Gasteiger partial charge in [-0.05, 0) is 77.5 Å². The number of nitrogens with zero attached hydrogens (tertiary/aromatic N) is 1. The number of carbonyl (C=O) groups excluding carboxylic acids is 2. The zero-order valence-electron chi connectivity index (χ0n) is 13.4. The fourth-order valence-corrected chi connectivity index (χ4v) is 3.40. The molecule has 5 nitrogen and oxygen atoms in total. The van der Waals surface area contributed by atoms with E-state index in [4.69, 9.17) is 4.74 Å². The first-order valence-electron chi connectivity index (χ1n) is 7.53. The predicted molar refractivity (Wildman–Crippen MR) is 101 cm³/mol. The lowest BCUT2D eigenvalue weighted by Crippen LogP contribution is -2.35. The molecule has 1 atom stereocenters. The Labute approximate surface area is 154 Å². The molecule has 0 aliphatic carbocycles. The van der Waals surface area contributed by atoms with Gasteiger partial charge in [-0.15, -0.1) is 0 Å². The molecule has 1 heterocycles. The fraction of sp³-hybridized carbons (Fsp3) is 0.222. The molecule has 1 N–H and O–H groups in total. The lowest BCUT2D eigenvalue weighted by molar-refractivity contribution is -0.121. The third kappa shape index (κ3) is 3.24. The van der Waals surface area contributed by atoms with E-state index in [1.165, 1.54) is 4.90 Å². The summed E-state index contributed by atoms with van der Waals surface area (Å²) < 4.78 is 6.19. The molecule has 1 aliphatic heterocycles. The number of aryl methyl sites for hydroxylation is 1. The van der Waals surface area contributed by atoms with Crippen molar-refractivity contribution >= 4 is 45.8 Å². The number of carbonyl (C=O) groups is 2. The van der Waals surface area contributed by atoms with E-state index in [0.29, 0.717) is 5.69 Å². The smallest absolute Gasteiger partial charge is 0.256 e. The number of benzene rings is 2. The minimum absolute atomic E-state index is 0.149. The average Bonchev–Trinajstić information content (AvgIpc) is 2.83.